The molecule has 0 spiro atoms. The molecule has 0 bridgehead atoms. The smallest absolute Gasteiger partial charge is 0.305 e. The van der Waals surface area contributed by atoms with Gasteiger partial charge in [0, 0.05) is 12.8 Å². The van der Waals surface area contributed by atoms with Crippen molar-refractivity contribution in [2.75, 3.05) is 19.8 Å². The van der Waals surface area contributed by atoms with Gasteiger partial charge in [0.05, 0.1) is 32.0 Å². The van der Waals surface area contributed by atoms with Crippen molar-refractivity contribution in [2.45, 2.75) is 358 Å². The topological polar surface area (TPSA) is 175 Å². The summed E-state index contributed by atoms with van der Waals surface area (Å²) in [6.07, 6.45) is 61.3. The minimum absolute atomic E-state index is 0.00193. The van der Waals surface area contributed by atoms with E-state index in [9.17, 15) is 35.1 Å². The highest BCUT2D eigenvalue weighted by atomic mass is 16.7. The summed E-state index contributed by atoms with van der Waals surface area (Å²) in [7, 11) is 0. The van der Waals surface area contributed by atoms with Crippen molar-refractivity contribution < 1.29 is 49.3 Å². The van der Waals surface area contributed by atoms with Crippen LogP contribution in [0.1, 0.15) is 316 Å². The van der Waals surface area contributed by atoms with Crippen LogP contribution >= 0.6 is 0 Å². The number of rotatable bonds is 58. The number of carbonyl (C=O) groups excluding carboxylic acids is 2. The highest BCUT2D eigenvalue weighted by Crippen LogP contribution is 2.23. The molecule has 0 aliphatic carbocycles. The minimum atomic E-state index is -1.57. The van der Waals surface area contributed by atoms with Crippen LogP contribution in [0.15, 0.2) is 36.5 Å². The molecule has 1 heterocycles. The van der Waals surface area contributed by atoms with E-state index >= 15 is 0 Å². The van der Waals surface area contributed by atoms with Gasteiger partial charge in [-0.25, -0.2) is 0 Å². The van der Waals surface area contributed by atoms with E-state index in [1.54, 1.807) is 6.08 Å². The van der Waals surface area contributed by atoms with Crippen LogP contribution in [0.4, 0.5) is 0 Å². The van der Waals surface area contributed by atoms with Crippen molar-refractivity contribution >= 4 is 11.9 Å². The molecule has 11 nitrogen and oxygen atoms in total. The fraction of sp³-hybridized carbons (Fsp3) is 0.881. The highest BCUT2D eigenvalue weighted by Gasteiger charge is 2.44. The number of hydrogen-bond donors (Lipinski definition) is 6. The summed E-state index contributed by atoms with van der Waals surface area (Å²) in [5.41, 5.74) is 0. The normalized spacial score (nSPS) is 18.7. The average Bonchev–Trinajstić information content (AvgIpc) is 3.44. The Kier molecular flexibility index (Phi) is 53.7. The molecule has 7 atom stereocenters. The SMILES string of the molecule is CCCCCCCCC/C=C/C(O)C(COC1OC(CO)C(O)C(O)C1O)NC(=O)CCCCCCCCCCC/C=C\C/C=C\CCCCCCCCCCCOC(=O)CCCCCCCCCCCCCCCCCC. The Morgan fingerprint density at radius 2 is 0.859 bits per heavy atom. The number of aliphatic hydroxyl groups is 5. The predicted octanol–water partition coefficient (Wildman–Crippen LogP) is 16.2. The lowest BCUT2D eigenvalue weighted by Gasteiger charge is -2.40. The number of esters is 1. The average molecular weight is 1100 g/mol. The van der Waals surface area contributed by atoms with Gasteiger partial charge in [-0.3, -0.25) is 9.59 Å². The Morgan fingerprint density at radius 3 is 1.29 bits per heavy atom. The third-order valence-electron chi connectivity index (χ3n) is 15.7. The number of unbranched alkanes of at least 4 members (excludes halogenated alkanes) is 40. The Morgan fingerprint density at radius 1 is 0.474 bits per heavy atom. The maximum absolute atomic E-state index is 13.0. The summed E-state index contributed by atoms with van der Waals surface area (Å²) in [6, 6.07) is -0.813. The van der Waals surface area contributed by atoms with E-state index in [4.69, 9.17) is 14.2 Å². The summed E-state index contributed by atoms with van der Waals surface area (Å²) >= 11 is 0. The van der Waals surface area contributed by atoms with E-state index in [0.29, 0.717) is 19.4 Å². The van der Waals surface area contributed by atoms with Gasteiger partial charge in [0.1, 0.15) is 24.4 Å². The molecule has 0 aromatic rings. The second kappa shape index (κ2) is 56.7. The highest BCUT2D eigenvalue weighted by molar-refractivity contribution is 5.76. The van der Waals surface area contributed by atoms with Gasteiger partial charge in [-0.05, 0) is 64.2 Å². The first-order chi connectivity index (χ1) is 38.2. The molecule has 7 unspecified atom stereocenters. The summed E-state index contributed by atoms with van der Waals surface area (Å²) in [5, 5.41) is 54.2. The Labute approximate surface area is 479 Å². The molecule has 1 fully saturated rings. The van der Waals surface area contributed by atoms with Crippen molar-refractivity contribution in [1.29, 1.82) is 0 Å². The standard InChI is InChI=1S/C67H125NO10/c1-3-5-7-9-11-13-14-15-16-29-32-35-39-43-47-51-55-63(72)76-56-52-48-44-40-36-33-30-27-25-23-21-19-17-18-20-22-24-26-28-31-34-38-42-46-50-54-62(71)68-59(60(70)53-49-45-41-37-12-10-8-6-4-2)58-77-67-66(75)65(74)64(73)61(57-69)78-67/h18-21,49,53,59-61,64-67,69-70,73-75H,3-17,22-48,50-52,54-58H2,1-2H3,(H,68,71)/b20-18-,21-19-,53-49+. The van der Waals surface area contributed by atoms with E-state index in [1.165, 1.54) is 212 Å². The number of aliphatic hydroxyl groups excluding tert-OH is 5. The molecule has 0 aromatic heterocycles. The third-order valence-corrected chi connectivity index (χ3v) is 15.7. The molecular formula is C67H125NO10. The monoisotopic (exact) mass is 1100 g/mol. The Balaban J connectivity index is 1.97. The lowest BCUT2D eigenvalue weighted by molar-refractivity contribution is -0.302. The van der Waals surface area contributed by atoms with E-state index < -0.39 is 49.5 Å². The fourth-order valence-corrected chi connectivity index (χ4v) is 10.5. The lowest BCUT2D eigenvalue weighted by Crippen LogP contribution is -2.60. The molecule has 6 N–H and O–H groups in total. The van der Waals surface area contributed by atoms with Crippen LogP contribution in [-0.4, -0.2) is 100 Å². The molecule has 78 heavy (non-hydrogen) atoms. The fourth-order valence-electron chi connectivity index (χ4n) is 10.5. The second-order valence-corrected chi connectivity index (χ2v) is 23.2. The summed E-state index contributed by atoms with van der Waals surface area (Å²) in [5.74, 6) is -0.188. The third kappa shape index (κ3) is 45.5. The van der Waals surface area contributed by atoms with Gasteiger partial charge in [-0.2, -0.15) is 0 Å². The largest absolute Gasteiger partial charge is 0.466 e. The van der Waals surface area contributed by atoms with Gasteiger partial charge in [-0.1, -0.05) is 275 Å². The van der Waals surface area contributed by atoms with Crippen LogP contribution in [0.25, 0.3) is 0 Å². The van der Waals surface area contributed by atoms with Gasteiger partial charge >= 0.3 is 5.97 Å². The minimum Gasteiger partial charge on any atom is -0.466 e. The predicted molar refractivity (Wildman–Crippen MR) is 324 cm³/mol. The van der Waals surface area contributed by atoms with E-state index in [-0.39, 0.29) is 18.5 Å². The number of allylic oxidation sites excluding steroid dienone is 5. The molecule has 1 amide bonds. The van der Waals surface area contributed by atoms with Crippen LogP contribution in [0, 0.1) is 0 Å². The van der Waals surface area contributed by atoms with Crippen LogP contribution in [0.5, 0.6) is 0 Å². The Hall–Kier alpha value is -2.12. The molecule has 11 heteroatoms. The van der Waals surface area contributed by atoms with Crippen LogP contribution in [0.3, 0.4) is 0 Å². The molecular weight excluding hydrogens is 979 g/mol. The quantitative estimate of drug-likeness (QED) is 0.0195. The molecule has 1 aliphatic heterocycles. The number of amides is 1. The number of carbonyl (C=O) groups is 2. The molecule has 0 saturated carbocycles. The first-order valence-corrected chi connectivity index (χ1v) is 33.3. The van der Waals surface area contributed by atoms with Crippen LogP contribution in [0.2, 0.25) is 0 Å². The first-order valence-electron chi connectivity index (χ1n) is 33.3. The Bertz CT molecular complexity index is 1390. The van der Waals surface area contributed by atoms with Gasteiger partial charge in [0.15, 0.2) is 6.29 Å². The van der Waals surface area contributed by atoms with Crippen molar-refractivity contribution in [2.24, 2.45) is 0 Å². The van der Waals surface area contributed by atoms with Crippen molar-refractivity contribution in [3.05, 3.63) is 36.5 Å². The lowest BCUT2D eigenvalue weighted by atomic mass is 9.99. The zero-order valence-electron chi connectivity index (χ0n) is 50.6. The van der Waals surface area contributed by atoms with Crippen molar-refractivity contribution in [3.63, 3.8) is 0 Å². The van der Waals surface area contributed by atoms with Crippen LogP contribution in [-0.2, 0) is 23.8 Å². The summed E-state index contributed by atoms with van der Waals surface area (Å²) < 4.78 is 16.7. The maximum Gasteiger partial charge on any atom is 0.305 e. The van der Waals surface area contributed by atoms with Gasteiger partial charge in [0.2, 0.25) is 5.91 Å². The molecule has 458 valence electrons. The molecule has 1 rings (SSSR count). The van der Waals surface area contributed by atoms with E-state index in [0.717, 1.165) is 77.0 Å². The first kappa shape index (κ1) is 73.9. The van der Waals surface area contributed by atoms with Crippen molar-refractivity contribution in [1.82, 2.24) is 5.32 Å². The summed E-state index contributed by atoms with van der Waals surface area (Å²) in [6.45, 7) is 4.33. The van der Waals surface area contributed by atoms with Crippen LogP contribution < -0.4 is 5.32 Å². The molecule has 1 saturated heterocycles. The maximum atomic E-state index is 13.0. The number of nitrogens with one attached hydrogen (secondary N) is 1. The van der Waals surface area contributed by atoms with Gasteiger partial charge in [-0.15, -0.1) is 0 Å². The molecule has 0 aromatic carbocycles. The number of hydrogen-bond acceptors (Lipinski definition) is 10. The van der Waals surface area contributed by atoms with E-state index in [2.05, 4.69) is 43.5 Å². The zero-order chi connectivity index (χ0) is 56.6. The van der Waals surface area contributed by atoms with E-state index in [1.807, 2.05) is 6.08 Å². The summed E-state index contributed by atoms with van der Waals surface area (Å²) in [4.78, 5) is 25.1. The molecule has 0 radical (unpaired) electrons. The second-order valence-electron chi connectivity index (χ2n) is 23.2. The van der Waals surface area contributed by atoms with Crippen molar-refractivity contribution in [3.8, 4) is 0 Å². The molecule has 1 aliphatic rings. The number of ether oxygens (including phenoxy) is 3. The van der Waals surface area contributed by atoms with Gasteiger partial charge in [0.25, 0.3) is 0 Å². The zero-order valence-corrected chi connectivity index (χ0v) is 50.6. The van der Waals surface area contributed by atoms with Gasteiger partial charge < -0.3 is 45.1 Å².